The standard InChI is InChI=1S/C15H21IN4O/c1-3-19(4-2)11-9-17-15(21)20-10-8-12-6-5-7-13(16)14(12)18-20/h5-8,10,18H,3-4,9,11H2,1-2H3,(H,17,21). The van der Waals surface area contributed by atoms with Gasteiger partial charge in [0.25, 0.3) is 0 Å². The van der Waals surface area contributed by atoms with Gasteiger partial charge in [0.1, 0.15) is 0 Å². The largest absolute Gasteiger partial charge is 0.340 e. The van der Waals surface area contributed by atoms with Crippen LogP contribution in [-0.2, 0) is 0 Å². The van der Waals surface area contributed by atoms with Crippen LogP contribution in [0.2, 0.25) is 0 Å². The fourth-order valence-corrected chi connectivity index (χ4v) is 2.81. The summed E-state index contributed by atoms with van der Waals surface area (Å²) in [5, 5.41) is 4.42. The number of fused-ring (bicyclic) bond motifs is 1. The fraction of sp³-hybridized carbons (Fsp3) is 0.400. The van der Waals surface area contributed by atoms with Crippen molar-refractivity contribution in [3.63, 3.8) is 0 Å². The molecule has 1 heterocycles. The van der Waals surface area contributed by atoms with Gasteiger partial charge in [0.2, 0.25) is 0 Å². The van der Waals surface area contributed by atoms with E-state index in [4.69, 9.17) is 0 Å². The topological polar surface area (TPSA) is 47.6 Å². The van der Waals surface area contributed by atoms with Gasteiger partial charge in [-0.2, -0.15) is 0 Å². The Morgan fingerprint density at radius 3 is 2.86 bits per heavy atom. The first kappa shape index (κ1) is 16.1. The zero-order valence-corrected chi connectivity index (χ0v) is 14.6. The van der Waals surface area contributed by atoms with Gasteiger partial charge >= 0.3 is 6.03 Å². The van der Waals surface area contributed by atoms with E-state index < -0.39 is 0 Å². The van der Waals surface area contributed by atoms with Crippen LogP contribution < -0.4 is 10.7 Å². The summed E-state index contributed by atoms with van der Waals surface area (Å²) in [7, 11) is 0. The average Bonchev–Trinajstić information content (AvgIpc) is 2.51. The van der Waals surface area contributed by atoms with Crippen LogP contribution in [0.1, 0.15) is 19.4 Å². The first-order valence-electron chi connectivity index (χ1n) is 7.18. The van der Waals surface area contributed by atoms with Gasteiger partial charge in [0, 0.05) is 28.4 Å². The summed E-state index contributed by atoms with van der Waals surface area (Å²) in [6.45, 7) is 7.76. The van der Waals surface area contributed by atoms with Crippen LogP contribution in [0.4, 0.5) is 10.5 Å². The summed E-state index contributed by atoms with van der Waals surface area (Å²) in [5.74, 6) is 0. The van der Waals surface area contributed by atoms with Crippen molar-refractivity contribution < 1.29 is 4.79 Å². The Balaban J connectivity index is 1.89. The molecule has 114 valence electrons. The van der Waals surface area contributed by atoms with Crippen LogP contribution in [-0.4, -0.2) is 42.1 Å². The maximum absolute atomic E-state index is 12.2. The molecule has 6 heteroatoms. The Hall–Kier alpha value is -1.28. The van der Waals surface area contributed by atoms with E-state index in [2.05, 4.69) is 52.1 Å². The lowest BCUT2D eigenvalue weighted by molar-refractivity contribution is 0.218. The molecule has 1 aromatic carbocycles. The highest BCUT2D eigenvalue weighted by Crippen LogP contribution is 2.27. The zero-order valence-electron chi connectivity index (χ0n) is 12.4. The molecule has 0 aliphatic carbocycles. The van der Waals surface area contributed by atoms with Gasteiger partial charge in [0.05, 0.1) is 5.69 Å². The SMILES string of the molecule is CCN(CC)CCNC(=O)N1C=Cc2cccc(I)c2N1. The van der Waals surface area contributed by atoms with Crippen LogP contribution in [0.25, 0.3) is 6.08 Å². The minimum Gasteiger partial charge on any atom is -0.335 e. The van der Waals surface area contributed by atoms with Crippen molar-refractivity contribution in [3.8, 4) is 0 Å². The minimum absolute atomic E-state index is 0.135. The van der Waals surface area contributed by atoms with Crippen molar-refractivity contribution in [3.05, 3.63) is 33.5 Å². The number of nitrogens with one attached hydrogen (secondary N) is 2. The summed E-state index contributed by atoms with van der Waals surface area (Å²) in [6, 6.07) is 5.91. The molecule has 0 atom stereocenters. The molecule has 0 aromatic heterocycles. The van der Waals surface area contributed by atoms with Crippen molar-refractivity contribution in [2.45, 2.75) is 13.8 Å². The normalized spacial score (nSPS) is 13.0. The predicted octanol–water partition coefficient (Wildman–Crippen LogP) is 2.96. The second-order valence-electron chi connectivity index (χ2n) is 4.76. The number of hydrogen-bond acceptors (Lipinski definition) is 3. The van der Waals surface area contributed by atoms with Crippen LogP contribution >= 0.6 is 22.6 Å². The first-order chi connectivity index (χ1) is 10.2. The van der Waals surface area contributed by atoms with Gasteiger partial charge in [-0.1, -0.05) is 26.0 Å². The van der Waals surface area contributed by atoms with Crippen molar-refractivity contribution in [1.82, 2.24) is 15.2 Å². The third kappa shape index (κ3) is 4.10. The minimum atomic E-state index is -0.135. The molecule has 5 nitrogen and oxygen atoms in total. The molecule has 0 bridgehead atoms. The molecule has 0 radical (unpaired) electrons. The van der Waals surface area contributed by atoms with Gasteiger partial charge in [-0.05, 0) is 47.8 Å². The lowest BCUT2D eigenvalue weighted by Crippen LogP contribution is -2.44. The van der Waals surface area contributed by atoms with Gasteiger partial charge in [-0.25, -0.2) is 9.80 Å². The molecular formula is C15H21IN4O. The second-order valence-corrected chi connectivity index (χ2v) is 5.92. The molecule has 0 unspecified atom stereocenters. The molecule has 0 fully saturated rings. The van der Waals surface area contributed by atoms with E-state index in [9.17, 15) is 4.79 Å². The summed E-state index contributed by atoms with van der Waals surface area (Å²) < 4.78 is 1.09. The van der Waals surface area contributed by atoms with Crippen molar-refractivity contribution >= 4 is 40.4 Å². The highest BCUT2D eigenvalue weighted by Gasteiger charge is 2.17. The van der Waals surface area contributed by atoms with Gasteiger partial charge < -0.3 is 10.2 Å². The Bertz CT molecular complexity index is 528. The van der Waals surface area contributed by atoms with Crippen molar-refractivity contribution in [2.75, 3.05) is 31.6 Å². The summed E-state index contributed by atoms with van der Waals surface area (Å²) in [5.41, 5.74) is 5.21. The predicted molar refractivity (Wildman–Crippen MR) is 94.8 cm³/mol. The molecule has 1 aliphatic heterocycles. The third-order valence-electron chi connectivity index (χ3n) is 3.50. The van der Waals surface area contributed by atoms with E-state index in [1.54, 1.807) is 6.20 Å². The monoisotopic (exact) mass is 400 g/mol. The van der Waals surface area contributed by atoms with E-state index in [1.165, 1.54) is 5.01 Å². The molecule has 1 aromatic rings. The summed E-state index contributed by atoms with van der Waals surface area (Å²) in [4.78, 5) is 14.4. The molecule has 0 spiro atoms. The maximum Gasteiger partial charge on any atom is 0.340 e. The highest BCUT2D eigenvalue weighted by molar-refractivity contribution is 14.1. The average molecular weight is 400 g/mol. The molecule has 0 saturated carbocycles. The Morgan fingerprint density at radius 2 is 2.14 bits per heavy atom. The second kappa shape index (κ2) is 7.65. The number of carbonyl (C=O) groups is 1. The molecule has 0 saturated heterocycles. The molecule has 1 aliphatic rings. The lowest BCUT2D eigenvalue weighted by atomic mass is 10.1. The van der Waals surface area contributed by atoms with Crippen molar-refractivity contribution in [2.24, 2.45) is 0 Å². The fourth-order valence-electron chi connectivity index (χ4n) is 2.17. The summed E-state index contributed by atoms with van der Waals surface area (Å²) in [6.07, 6.45) is 3.70. The van der Waals surface area contributed by atoms with Crippen LogP contribution in [0, 0.1) is 3.57 Å². The number of urea groups is 1. The third-order valence-corrected chi connectivity index (χ3v) is 4.40. The Morgan fingerprint density at radius 1 is 1.38 bits per heavy atom. The van der Waals surface area contributed by atoms with E-state index in [1.807, 2.05) is 24.3 Å². The van der Waals surface area contributed by atoms with E-state index >= 15 is 0 Å². The van der Waals surface area contributed by atoms with Crippen LogP contribution in [0.5, 0.6) is 0 Å². The number of anilines is 1. The zero-order chi connectivity index (χ0) is 15.2. The molecule has 2 amide bonds. The number of hydrazine groups is 1. The van der Waals surface area contributed by atoms with E-state index in [0.717, 1.165) is 34.5 Å². The van der Waals surface area contributed by atoms with Gasteiger partial charge in [-0.3, -0.25) is 5.43 Å². The lowest BCUT2D eigenvalue weighted by Gasteiger charge is -2.27. The maximum atomic E-state index is 12.2. The number of rotatable bonds is 5. The van der Waals surface area contributed by atoms with Gasteiger partial charge in [0.15, 0.2) is 0 Å². The molecular weight excluding hydrogens is 379 g/mol. The highest BCUT2D eigenvalue weighted by atomic mass is 127. The number of benzene rings is 1. The van der Waals surface area contributed by atoms with Gasteiger partial charge in [-0.15, -0.1) is 0 Å². The van der Waals surface area contributed by atoms with Crippen molar-refractivity contribution in [1.29, 1.82) is 0 Å². The number of amides is 2. The number of halogens is 1. The number of para-hydroxylation sites is 1. The number of carbonyl (C=O) groups excluding carboxylic acids is 1. The quantitative estimate of drug-likeness (QED) is 0.748. The Kier molecular flexibility index (Phi) is 5.86. The molecule has 21 heavy (non-hydrogen) atoms. The Labute approximate surface area is 139 Å². The van der Waals surface area contributed by atoms with Crippen LogP contribution in [0.15, 0.2) is 24.4 Å². The number of nitrogens with zero attached hydrogens (tertiary/aromatic N) is 2. The number of hydrogen-bond donors (Lipinski definition) is 2. The first-order valence-corrected chi connectivity index (χ1v) is 8.26. The van der Waals surface area contributed by atoms with E-state index in [0.29, 0.717) is 6.54 Å². The van der Waals surface area contributed by atoms with Crippen LogP contribution in [0.3, 0.4) is 0 Å². The summed E-state index contributed by atoms with van der Waals surface area (Å²) >= 11 is 2.26. The smallest absolute Gasteiger partial charge is 0.335 e. The number of likely N-dealkylation sites (N-methyl/N-ethyl adjacent to an activating group) is 1. The molecule has 2 N–H and O–H groups in total. The van der Waals surface area contributed by atoms with E-state index in [-0.39, 0.29) is 6.03 Å². The molecule has 2 rings (SSSR count).